The first-order chi connectivity index (χ1) is 9.13. The van der Waals surface area contributed by atoms with Gasteiger partial charge >= 0.3 is 0 Å². The van der Waals surface area contributed by atoms with Gasteiger partial charge in [-0.1, -0.05) is 19.3 Å². The van der Waals surface area contributed by atoms with Gasteiger partial charge in [-0.15, -0.1) is 12.4 Å². The summed E-state index contributed by atoms with van der Waals surface area (Å²) in [6.45, 7) is 0.0301. The van der Waals surface area contributed by atoms with Crippen LogP contribution in [0.2, 0.25) is 0 Å². The van der Waals surface area contributed by atoms with Gasteiger partial charge in [-0.3, -0.25) is 9.59 Å². The highest BCUT2D eigenvalue weighted by Crippen LogP contribution is 2.17. The molecule has 20 heavy (non-hydrogen) atoms. The minimum atomic E-state index is -0.519. The van der Waals surface area contributed by atoms with Gasteiger partial charge in [0.2, 0.25) is 11.8 Å². The molecule has 0 heterocycles. The first kappa shape index (κ1) is 19.5. The van der Waals surface area contributed by atoms with Crippen LogP contribution in [0.5, 0.6) is 0 Å². The maximum Gasteiger partial charge on any atom is 0.239 e. The van der Waals surface area contributed by atoms with Gasteiger partial charge in [-0.2, -0.15) is 11.8 Å². The quantitative estimate of drug-likeness (QED) is 0.654. The molecule has 1 fully saturated rings. The molecule has 1 aliphatic carbocycles. The lowest BCUT2D eigenvalue weighted by molar-refractivity contribution is -0.127. The molecule has 0 unspecified atom stereocenters. The highest BCUT2D eigenvalue weighted by atomic mass is 35.5. The number of carbonyl (C=O) groups excluding carboxylic acids is 2. The van der Waals surface area contributed by atoms with Crippen LogP contribution in [0.1, 0.15) is 38.5 Å². The van der Waals surface area contributed by atoms with Crippen molar-refractivity contribution in [1.82, 2.24) is 10.6 Å². The number of thioether (sulfide) groups is 1. The van der Waals surface area contributed by atoms with Crippen molar-refractivity contribution in [3.8, 4) is 0 Å². The first-order valence-electron chi connectivity index (χ1n) is 6.95. The van der Waals surface area contributed by atoms with Crippen LogP contribution in [0.3, 0.4) is 0 Å². The Kier molecular flexibility index (Phi) is 11.0. The number of carbonyl (C=O) groups is 2. The van der Waals surface area contributed by atoms with E-state index in [9.17, 15) is 9.59 Å². The van der Waals surface area contributed by atoms with Crippen LogP contribution in [0.4, 0.5) is 0 Å². The van der Waals surface area contributed by atoms with Crippen LogP contribution >= 0.6 is 24.2 Å². The normalized spacial score (nSPS) is 16.9. The maximum absolute atomic E-state index is 11.7. The van der Waals surface area contributed by atoms with Crippen molar-refractivity contribution < 1.29 is 9.59 Å². The van der Waals surface area contributed by atoms with E-state index in [1.807, 2.05) is 6.26 Å². The predicted octanol–water partition coefficient (Wildman–Crippen LogP) is 1.05. The van der Waals surface area contributed by atoms with Crippen LogP contribution < -0.4 is 16.4 Å². The lowest BCUT2D eigenvalue weighted by atomic mass is 9.95. The monoisotopic (exact) mass is 323 g/mol. The van der Waals surface area contributed by atoms with Gasteiger partial charge in [0.25, 0.3) is 0 Å². The highest BCUT2D eigenvalue weighted by molar-refractivity contribution is 7.98. The van der Waals surface area contributed by atoms with E-state index in [0.717, 1.165) is 18.6 Å². The summed E-state index contributed by atoms with van der Waals surface area (Å²) in [5.74, 6) is 0.494. The van der Waals surface area contributed by atoms with E-state index < -0.39 is 6.04 Å². The Morgan fingerprint density at radius 1 is 1.30 bits per heavy atom. The van der Waals surface area contributed by atoms with E-state index in [0.29, 0.717) is 6.42 Å². The molecule has 4 N–H and O–H groups in total. The fourth-order valence-electron chi connectivity index (χ4n) is 2.20. The van der Waals surface area contributed by atoms with Crippen molar-refractivity contribution in [2.24, 2.45) is 5.73 Å². The lowest BCUT2D eigenvalue weighted by Gasteiger charge is -2.23. The number of hydrogen-bond acceptors (Lipinski definition) is 4. The Morgan fingerprint density at radius 2 is 1.95 bits per heavy atom. The minimum Gasteiger partial charge on any atom is -0.352 e. The van der Waals surface area contributed by atoms with Gasteiger partial charge in [-0.05, 0) is 31.3 Å². The Balaban J connectivity index is 0.00000361. The number of nitrogens with one attached hydrogen (secondary N) is 2. The van der Waals surface area contributed by atoms with Gasteiger partial charge in [0, 0.05) is 6.04 Å². The largest absolute Gasteiger partial charge is 0.352 e. The van der Waals surface area contributed by atoms with Crippen molar-refractivity contribution in [3.05, 3.63) is 0 Å². The average molecular weight is 324 g/mol. The van der Waals surface area contributed by atoms with Crippen molar-refractivity contribution in [1.29, 1.82) is 0 Å². The molecule has 2 amide bonds. The molecular weight excluding hydrogens is 298 g/mol. The van der Waals surface area contributed by atoms with Gasteiger partial charge in [0.1, 0.15) is 0 Å². The predicted molar refractivity (Wildman–Crippen MR) is 86.2 cm³/mol. The third-order valence-corrected chi connectivity index (χ3v) is 4.01. The van der Waals surface area contributed by atoms with E-state index in [1.165, 1.54) is 19.3 Å². The van der Waals surface area contributed by atoms with Crippen LogP contribution in [-0.2, 0) is 9.59 Å². The second-order valence-electron chi connectivity index (χ2n) is 5.01. The number of amides is 2. The number of rotatable bonds is 7. The molecule has 0 radical (unpaired) electrons. The Hall–Kier alpha value is -0.460. The third-order valence-electron chi connectivity index (χ3n) is 3.36. The van der Waals surface area contributed by atoms with E-state index in [-0.39, 0.29) is 36.8 Å². The SMILES string of the molecule is CSCC[C@H](N)C(=O)NCC(=O)NC1CCCCC1.Cl. The summed E-state index contributed by atoms with van der Waals surface area (Å²) in [7, 11) is 0. The summed E-state index contributed by atoms with van der Waals surface area (Å²) in [4.78, 5) is 23.3. The molecule has 118 valence electrons. The molecule has 1 aliphatic rings. The second kappa shape index (κ2) is 11.2. The van der Waals surface area contributed by atoms with Crippen LogP contribution in [0.25, 0.3) is 0 Å². The number of nitrogens with two attached hydrogens (primary N) is 1. The third kappa shape index (κ3) is 7.97. The summed E-state index contributed by atoms with van der Waals surface area (Å²) in [5, 5.41) is 5.55. The first-order valence-corrected chi connectivity index (χ1v) is 8.34. The molecule has 0 aliphatic heterocycles. The summed E-state index contributed by atoms with van der Waals surface area (Å²) in [5.41, 5.74) is 5.72. The molecule has 0 aromatic rings. The molecule has 0 bridgehead atoms. The molecular formula is C13H26ClN3O2S. The van der Waals surface area contributed by atoms with Crippen molar-refractivity contribution >= 4 is 36.0 Å². The smallest absolute Gasteiger partial charge is 0.239 e. The van der Waals surface area contributed by atoms with Crippen molar-refractivity contribution in [3.63, 3.8) is 0 Å². The fraction of sp³-hybridized carbons (Fsp3) is 0.846. The van der Waals surface area contributed by atoms with Gasteiger partial charge < -0.3 is 16.4 Å². The van der Waals surface area contributed by atoms with Gasteiger partial charge in [0.05, 0.1) is 12.6 Å². The molecule has 1 atom stereocenters. The summed E-state index contributed by atoms with van der Waals surface area (Å²) in [6, 6.07) is -0.238. The van der Waals surface area contributed by atoms with Crippen molar-refractivity contribution in [2.75, 3.05) is 18.6 Å². The van der Waals surface area contributed by atoms with E-state index in [2.05, 4.69) is 10.6 Å². The van der Waals surface area contributed by atoms with E-state index >= 15 is 0 Å². The second-order valence-corrected chi connectivity index (χ2v) is 5.99. The molecule has 1 rings (SSSR count). The van der Waals surface area contributed by atoms with Crippen LogP contribution in [0, 0.1) is 0 Å². The van der Waals surface area contributed by atoms with E-state index in [1.54, 1.807) is 11.8 Å². The van der Waals surface area contributed by atoms with Crippen LogP contribution in [-0.4, -0.2) is 42.5 Å². The average Bonchev–Trinajstić information content (AvgIpc) is 2.43. The molecule has 0 aromatic carbocycles. The number of hydrogen-bond donors (Lipinski definition) is 3. The zero-order chi connectivity index (χ0) is 14.1. The van der Waals surface area contributed by atoms with Gasteiger partial charge in [0.15, 0.2) is 0 Å². The van der Waals surface area contributed by atoms with Crippen LogP contribution in [0.15, 0.2) is 0 Å². The van der Waals surface area contributed by atoms with Gasteiger partial charge in [-0.25, -0.2) is 0 Å². The summed E-state index contributed by atoms with van der Waals surface area (Å²) >= 11 is 1.66. The molecule has 5 nitrogen and oxygen atoms in total. The standard InChI is InChI=1S/C13H25N3O2S.ClH/c1-19-8-7-11(14)13(18)15-9-12(17)16-10-5-3-2-4-6-10;/h10-11H,2-9,14H2,1H3,(H,15,18)(H,16,17);1H/t11-;/m0./s1. The summed E-state index contributed by atoms with van der Waals surface area (Å²) < 4.78 is 0. The topological polar surface area (TPSA) is 84.2 Å². The highest BCUT2D eigenvalue weighted by Gasteiger charge is 2.17. The molecule has 1 saturated carbocycles. The zero-order valence-electron chi connectivity index (χ0n) is 12.0. The Bertz CT molecular complexity index is 299. The molecule has 0 spiro atoms. The lowest BCUT2D eigenvalue weighted by Crippen LogP contribution is -2.47. The Labute approximate surface area is 131 Å². The summed E-state index contributed by atoms with van der Waals surface area (Å²) in [6.07, 6.45) is 8.32. The maximum atomic E-state index is 11.7. The molecule has 0 saturated heterocycles. The zero-order valence-corrected chi connectivity index (χ0v) is 13.7. The molecule has 7 heteroatoms. The fourth-order valence-corrected chi connectivity index (χ4v) is 2.69. The van der Waals surface area contributed by atoms with E-state index in [4.69, 9.17) is 5.73 Å². The number of halogens is 1. The van der Waals surface area contributed by atoms with Crippen molar-refractivity contribution in [2.45, 2.75) is 50.6 Å². The molecule has 0 aromatic heterocycles. The minimum absolute atomic E-state index is 0. The Morgan fingerprint density at radius 3 is 2.55 bits per heavy atom.